The van der Waals surface area contributed by atoms with E-state index in [0.717, 1.165) is 22.1 Å². The van der Waals surface area contributed by atoms with E-state index in [0.29, 0.717) is 41.2 Å². The monoisotopic (exact) mass is 516 g/mol. The van der Waals surface area contributed by atoms with Gasteiger partial charge in [0.05, 0.1) is 20.8 Å². The van der Waals surface area contributed by atoms with Gasteiger partial charge < -0.3 is 14.2 Å². The maximum absolute atomic E-state index is 13.3. The highest BCUT2D eigenvalue weighted by Gasteiger charge is 2.38. The number of nitrogens with zero attached hydrogens (tertiary/aromatic N) is 2. The third-order valence-electron chi connectivity index (χ3n) is 4.81. The zero-order valence-electron chi connectivity index (χ0n) is 18.3. The van der Waals surface area contributed by atoms with Crippen LogP contribution in [0.1, 0.15) is 18.9 Å². The van der Waals surface area contributed by atoms with Crippen LogP contribution in [-0.2, 0) is 4.79 Å². The predicted octanol–water partition coefficient (Wildman–Crippen LogP) is 5.42. The summed E-state index contributed by atoms with van der Waals surface area (Å²) in [6.07, 6.45) is 4.32. The van der Waals surface area contributed by atoms with E-state index >= 15 is 0 Å². The molecule has 1 saturated heterocycles. The Kier molecular flexibility index (Phi) is 7.93. The Hall–Kier alpha value is -2.84. The molecule has 0 spiro atoms. The van der Waals surface area contributed by atoms with Gasteiger partial charge in [-0.1, -0.05) is 28.9 Å². The highest BCUT2D eigenvalue weighted by atomic mass is 79.9. The van der Waals surface area contributed by atoms with Crippen molar-refractivity contribution in [3.8, 4) is 17.2 Å². The van der Waals surface area contributed by atoms with Gasteiger partial charge in [0.15, 0.2) is 16.6 Å². The van der Waals surface area contributed by atoms with E-state index in [2.05, 4.69) is 22.5 Å². The molecule has 0 unspecified atom stereocenters. The van der Waals surface area contributed by atoms with Gasteiger partial charge in [-0.3, -0.25) is 14.6 Å². The number of carbonyl (C=O) groups excluding carboxylic acids is 1. The van der Waals surface area contributed by atoms with Crippen LogP contribution in [0.4, 0.5) is 5.69 Å². The van der Waals surface area contributed by atoms with Gasteiger partial charge in [0.1, 0.15) is 11.4 Å². The number of carbonyl (C=O) groups is 1. The predicted molar refractivity (Wildman–Crippen MR) is 134 cm³/mol. The molecule has 1 amide bonds. The van der Waals surface area contributed by atoms with Gasteiger partial charge in [-0.2, -0.15) is 0 Å². The van der Waals surface area contributed by atoms with E-state index in [-0.39, 0.29) is 5.91 Å². The van der Waals surface area contributed by atoms with Crippen molar-refractivity contribution < 1.29 is 19.0 Å². The molecule has 2 aromatic carbocycles. The van der Waals surface area contributed by atoms with Gasteiger partial charge in [0.25, 0.3) is 5.91 Å². The molecule has 1 aliphatic heterocycles. The van der Waals surface area contributed by atoms with Gasteiger partial charge in [-0.05, 0) is 66.7 Å². The number of amides is 1. The summed E-state index contributed by atoms with van der Waals surface area (Å²) in [6.45, 7) is 6.68. The Morgan fingerprint density at radius 3 is 2.44 bits per heavy atom. The number of thiocarbonyl (C=S) groups is 1. The van der Waals surface area contributed by atoms with Crippen molar-refractivity contribution in [3.63, 3.8) is 0 Å². The lowest BCUT2D eigenvalue weighted by molar-refractivity contribution is -0.121. The summed E-state index contributed by atoms with van der Waals surface area (Å²) in [5, 5.41) is 0.386. The number of ether oxygens (including phenoxy) is 3. The maximum Gasteiger partial charge on any atom is 0.277 e. The fraction of sp³-hybridized carbons (Fsp3) is 0.250. The second-order valence-electron chi connectivity index (χ2n) is 6.92. The first-order chi connectivity index (χ1) is 15.4. The van der Waals surface area contributed by atoms with Crippen LogP contribution in [0.5, 0.6) is 17.2 Å². The van der Waals surface area contributed by atoms with E-state index in [9.17, 15) is 4.79 Å². The van der Waals surface area contributed by atoms with Crippen LogP contribution < -0.4 is 19.1 Å². The van der Waals surface area contributed by atoms with Crippen molar-refractivity contribution in [2.24, 2.45) is 0 Å². The first kappa shape index (κ1) is 23.8. The fourth-order valence-corrected chi connectivity index (χ4v) is 4.03. The Labute approximate surface area is 202 Å². The summed E-state index contributed by atoms with van der Waals surface area (Å²) in [4.78, 5) is 16.5. The summed E-state index contributed by atoms with van der Waals surface area (Å²) >= 11 is 9.24. The zero-order chi connectivity index (χ0) is 23.3. The second-order valence-corrected chi connectivity index (χ2v) is 8.14. The van der Waals surface area contributed by atoms with Crippen molar-refractivity contribution in [1.29, 1.82) is 0 Å². The standard InChI is InChI=1S/C24H25BrN2O4S/c1-5-11-26-23(28)20(27(24(26)32)17-7-9-18(29-3)10-8-17)13-16-14-21(30-4)22(15-19(16)25)31-12-6-2/h5,7-10,13-15H,1,6,11-12H2,2-4H3. The summed E-state index contributed by atoms with van der Waals surface area (Å²) in [7, 11) is 3.19. The lowest BCUT2D eigenvalue weighted by atomic mass is 10.1. The van der Waals surface area contributed by atoms with E-state index in [4.69, 9.17) is 26.4 Å². The van der Waals surface area contributed by atoms with Crippen LogP contribution in [0, 0.1) is 0 Å². The first-order valence-corrected chi connectivity index (χ1v) is 11.3. The molecule has 32 heavy (non-hydrogen) atoms. The number of hydrogen-bond donors (Lipinski definition) is 0. The Bertz CT molecular complexity index is 1050. The molecule has 8 heteroatoms. The van der Waals surface area contributed by atoms with Crippen LogP contribution in [0.2, 0.25) is 0 Å². The Morgan fingerprint density at radius 2 is 1.84 bits per heavy atom. The Balaban J connectivity index is 2.09. The highest BCUT2D eigenvalue weighted by molar-refractivity contribution is 9.10. The highest BCUT2D eigenvalue weighted by Crippen LogP contribution is 2.37. The van der Waals surface area contributed by atoms with Gasteiger partial charge in [0, 0.05) is 16.7 Å². The molecule has 0 bridgehead atoms. The topological polar surface area (TPSA) is 51.2 Å². The summed E-state index contributed by atoms with van der Waals surface area (Å²) in [5.41, 5.74) is 1.94. The molecule has 0 aromatic heterocycles. The SMILES string of the molecule is C=CCN1C(=O)C(=Cc2cc(OC)c(OCCC)cc2Br)N(c2ccc(OC)cc2)C1=S. The molecule has 6 nitrogen and oxygen atoms in total. The number of halogens is 1. The quantitative estimate of drug-likeness (QED) is 0.252. The lowest BCUT2D eigenvalue weighted by Gasteiger charge is -2.20. The van der Waals surface area contributed by atoms with Crippen molar-refractivity contribution in [2.45, 2.75) is 13.3 Å². The largest absolute Gasteiger partial charge is 0.497 e. The maximum atomic E-state index is 13.3. The van der Waals surface area contributed by atoms with Gasteiger partial charge in [0.2, 0.25) is 0 Å². The number of benzene rings is 2. The Morgan fingerprint density at radius 1 is 1.12 bits per heavy atom. The molecule has 168 valence electrons. The van der Waals surface area contributed by atoms with Crippen molar-refractivity contribution in [2.75, 3.05) is 32.3 Å². The third-order valence-corrected chi connectivity index (χ3v) is 5.90. The van der Waals surface area contributed by atoms with Gasteiger partial charge >= 0.3 is 0 Å². The molecule has 0 N–H and O–H groups in total. The molecular weight excluding hydrogens is 492 g/mol. The van der Waals surface area contributed by atoms with Crippen molar-refractivity contribution in [1.82, 2.24) is 4.90 Å². The number of hydrogen-bond acceptors (Lipinski definition) is 5. The molecule has 0 saturated carbocycles. The van der Waals surface area contributed by atoms with Crippen LogP contribution in [0.3, 0.4) is 0 Å². The molecule has 1 aliphatic rings. The average molecular weight is 517 g/mol. The first-order valence-electron chi connectivity index (χ1n) is 10.1. The molecule has 2 aromatic rings. The zero-order valence-corrected chi connectivity index (χ0v) is 20.7. The van der Waals surface area contributed by atoms with Crippen LogP contribution in [0.25, 0.3) is 6.08 Å². The number of rotatable bonds is 9. The smallest absolute Gasteiger partial charge is 0.277 e. The van der Waals surface area contributed by atoms with E-state index in [1.807, 2.05) is 43.3 Å². The van der Waals surface area contributed by atoms with Crippen LogP contribution in [0.15, 0.2) is 59.2 Å². The summed E-state index contributed by atoms with van der Waals surface area (Å²) in [6, 6.07) is 11.1. The van der Waals surface area contributed by atoms with E-state index in [1.165, 1.54) is 4.90 Å². The van der Waals surface area contributed by atoms with Gasteiger partial charge in [-0.15, -0.1) is 6.58 Å². The minimum absolute atomic E-state index is 0.206. The van der Waals surface area contributed by atoms with Crippen LogP contribution in [-0.4, -0.2) is 43.3 Å². The van der Waals surface area contributed by atoms with Crippen molar-refractivity contribution >= 4 is 50.9 Å². The second kappa shape index (κ2) is 10.7. The fourth-order valence-electron chi connectivity index (χ4n) is 3.23. The number of methoxy groups -OCH3 is 2. The third kappa shape index (κ3) is 4.81. The molecule has 1 heterocycles. The summed E-state index contributed by atoms with van der Waals surface area (Å²) < 4.78 is 17.3. The molecule has 0 radical (unpaired) electrons. The molecule has 1 fully saturated rings. The lowest BCUT2D eigenvalue weighted by Crippen LogP contribution is -2.32. The van der Waals surface area contributed by atoms with Crippen LogP contribution >= 0.6 is 28.1 Å². The van der Waals surface area contributed by atoms with Crippen molar-refractivity contribution in [3.05, 3.63) is 64.8 Å². The number of anilines is 1. The minimum Gasteiger partial charge on any atom is -0.497 e. The van der Waals surface area contributed by atoms with E-state index in [1.54, 1.807) is 31.3 Å². The van der Waals surface area contributed by atoms with E-state index < -0.39 is 0 Å². The molecular formula is C24H25BrN2O4S. The minimum atomic E-state index is -0.206. The average Bonchev–Trinajstić information content (AvgIpc) is 3.03. The summed E-state index contributed by atoms with van der Waals surface area (Å²) in [5.74, 6) is 1.73. The molecule has 3 rings (SSSR count). The van der Waals surface area contributed by atoms with Gasteiger partial charge in [-0.25, -0.2) is 0 Å². The normalized spacial score (nSPS) is 14.8. The molecule has 0 atom stereocenters. The molecule has 0 aliphatic carbocycles.